The molecular weight excluding hydrogens is 287 g/mol. The lowest BCUT2D eigenvalue weighted by Gasteiger charge is -2.14. The highest BCUT2D eigenvalue weighted by atomic mass is 35.5. The summed E-state index contributed by atoms with van der Waals surface area (Å²) in [5.41, 5.74) is 6.34. The van der Waals surface area contributed by atoms with E-state index >= 15 is 0 Å². The third-order valence-corrected chi connectivity index (χ3v) is 3.39. The van der Waals surface area contributed by atoms with E-state index in [4.69, 9.17) is 17.3 Å². The Morgan fingerprint density at radius 3 is 2.30 bits per heavy atom. The van der Waals surface area contributed by atoms with Gasteiger partial charge >= 0.3 is 0 Å². The average Bonchev–Trinajstić information content (AvgIpc) is 2.38. The molecular formula is C15H13ClF3N. The molecule has 0 aliphatic heterocycles. The molecule has 5 heteroatoms. The molecule has 0 fully saturated rings. The first-order valence-corrected chi connectivity index (χ1v) is 6.47. The predicted molar refractivity (Wildman–Crippen MR) is 73.2 cm³/mol. The Morgan fingerprint density at radius 2 is 1.65 bits per heavy atom. The lowest BCUT2D eigenvalue weighted by Crippen LogP contribution is -2.26. The molecule has 0 saturated heterocycles. The van der Waals surface area contributed by atoms with E-state index in [2.05, 4.69) is 0 Å². The topological polar surface area (TPSA) is 26.0 Å². The van der Waals surface area contributed by atoms with Crippen molar-refractivity contribution in [2.75, 3.05) is 0 Å². The third kappa shape index (κ3) is 3.52. The molecule has 0 bridgehead atoms. The van der Waals surface area contributed by atoms with Crippen molar-refractivity contribution in [3.63, 3.8) is 0 Å². The molecule has 0 aliphatic rings. The zero-order chi connectivity index (χ0) is 14.7. The van der Waals surface area contributed by atoms with E-state index < -0.39 is 23.5 Å². The van der Waals surface area contributed by atoms with Crippen molar-refractivity contribution in [1.82, 2.24) is 0 Å². The van der Waals surface area contributed by atoms with Crippen molar-refractivity contribution in [2.45, 2.75) is 18.9 Å². The first kappa shape index (κ1) is 14.9. The number of rotatable bonds is 4. The smallest absolute Gasteiger partial charge is 0.129 e. The zero-order valence-electron chi connectivity index (χ0n) is 10.5. The van der Waals surface area contributed by atoms with Crippen LogP contribution < -0.4 is 5.73 Å². The molecule has 1 nitrogen and oxygen atoms in total. The summed E-state index contributed by atoms with van der Waals surface area (Å²) < 4.78 is 40.2. The lowest BCUT2D eigenvalue weighted by molar-refractivity contribution is 0.533. The van der Waals surface area contributed by atoms with Crippen LogP contribution in [-0.2, 0) is 12.8 Å². The Hall–Kier alpha value is -1.52. The van der Waals surface area contributed by atoms with Gasteiger partial charge in [0.15, 0.2) is 0 Å². The van der Waals surface area contributed by atoms with Crippen molar-refractivity contribution in [2.24, 2.45) is 5.73 Å². The van der Waals surface area contributed by atoms with Crippen molar-refractivity contribution >= 4 is 11.6 Å². The minimum absolute atomic E-state index is 0.0192. The molecule has 0 radical (unpaired) electrons. The van der Waals surface area contributed by atoms with E-state index in [9.17, 15) is 13.2 Å². The lowest BCUT2D eigenvalue weighted by atomic mass is 9.99. The van der Waals surface area contributed by atoms with E-state index in [1.807, 2.05) is 0 Å². The Balaban J connectivity index is 2.13. The van der Waals surface area contributed by atoms with Gasteiger partial charge in [0, 0.05) is 16.6 Å². The molecule has 2 aromatic rings. The number of benzene rings is 2. The largest absolute Gasteiger partial charge is 0.327 e. The van der Waals surface area contributed by atoms with Crippen LogP contribution in [0.15, 0.2) is 36.4 Å². The number of hydrogen-bond donors (Lipinski definition) is 1. The molecule has 0 aliphatic carbocycles. The molecule has 2 aromatic carbocycles. The van der Waals surface area contributed by atoms with Gasteiger partial charge in [-0.15, -0.1) is 0 Å². The summed E-state index contributed by atoms with van der Waals surface area (Å²) in [7, 11) is 0. The molecule has 0 spiro atoms. The predicted octanol–water partition coefficient (Wildman–Crippen LogP) is 3.87. The molecule has 0 amide bonds. The summed E-state index contributed by atoms with van der Waals surface area (Å²) in [6, 6.07) is 7.06. The van der Waals surface area contributed by atoms with Gasteiger partial charge in [0.05, 0.1) is 0 Å². The summed E-state index contributed by atoms with van der Waals surface area (Å²) >= 11 is 5.94. The van der Waals surface area contributed by atoms with Gasteiger partial charge in [-0.3, -0.25) is 0 Å². The van der Waals surface area contributed by atoms with Gasteiger partial charge in [0.1, 0.15) is 17.5 Å². The standard InChI is InChI=1S/C15H13ClF3N/c16-13-5-4-10(17)6-9(13)7-11(20)8-12-14(18)2-1-3-15(12)19/h1-6,11H,7-8,20H2. The molecule has 106 valence electrons. The fourth-order valence-electron chi connectivity index (χ4n) is 2.04. The summed E-state index contributed by atoms with van der Waals surface area (Å²) in [6.45, 7) is 0. The summed E-state index contributed by atoms with van der Waals surface area (Å²) in [4.78, 5) is 0. The van der Waals surface area contributed by atoms with E-state index in [-0.39, 0.29) is 18.4 Å². The Morgan fingerprint density at radius 1 is 1.00 bits per heavy atom. The quantitative estimate of drug-likeness (QED) is 0.911. The SMILES string of the molecule is NC(Cc1cc(F)ccc1Cl)Cc1c(F)cccc1F. The van der Waals surface area contributed by atoms with Crippen molar-refractivity contribution in [3.05, 3.63) is 70.0 Å². The van der Waals surface area contributed by atoms with Crippen LogP contribution in [0.2, 0.25) is 5.02 Å². The first-order valence-electron chi connectivity index (χ1n) is 6.09. The van der Waals surface area contributed by atoms with Gasteiger partial charge in [-0.05, 0) is 48.7 Å². The number of hydrogen-bond acceptors (Lipinski definition) is 1. The van der Waals surface area contributed by atoms with Gasteiger partial charge in [0.2, 0.25) is 0 Å². The molecule has 0 saturated carbocycles. The summed E-state index contributed by atoms with van der Waals surface area (Å²) in [5, 5.41) is 0.385. The van der Waals surface area contributed by atoms with E-state index in [0.717, 1.165) is 0 Å². The average molecular weight is 300 g/mol. The Kier molecular flexibility index (Phi) is 4.68. The van der Waals surface area contributed by atoms with Crippen LogP contribution in [0.4, 0.5) is 13.2 Å². The Bertz CT molecular complexity index is 596. The van der Waals surface area contributed by atoms with Crippen LogP contribution in [-0.4, -0.2) is 6.04 Å². The normalized spacial score (nSPS) is 12.4. The second-order valence-corrected chi connectivity index (χ2v) is 5.01. The van der Waals surface area contributed by atoms with Gasteiger partial charge in [-0.25, -0.2) is 13.2 Å². The van der Waals surface area contributed by atoms with Crippen molar-refractivity contribution in [1.29, 1.82) is 0 Å². The van der Waals surface area contributed by atoms with Gasteiger partial charge < -0.3 is 5.73 Å². The number of nitrogens with two attached hydrogens (primary N) is 1. The van der Waals surface area contributed by atoms with Gasteiger partial charge in [-0.2, -0.15) is 0 Å². The second kappa shape index (κ2) is 6.29. The zero-order valence-corrected chi connectivity index (χ0v) is 11.3. The molecule has 2 rings (SSSR count). The van der Waals surface area contributed by atoms with Crippen LogP contribution >= 0.6 is 11.6 Å². The highest BCUT2D eigenvalue weighted by molar-refractivity contribution is 6.31. The van der Waals surface area contributed by atoms with Crippen LogP contribution in [0.1, 0.15) is 11.1 Å². The van der Waals surface area contributed by atoms with Gasteiger partial charge in [0.25, 0.3) is 0 Å². The third-order valence-electron chi connectivity index (χ3n) is 3.02. The van der Waals surface area contributed by atoms with Crippen LogP contribution in [0.5, 0.6) is 0 Å². The van der Waals surface area contributed by atoms with E-state index in [1.165, 1.54) is 36.4 Å². The van der Waals surface area contributed by atoms with Crippen LogP contribution in [0.25, 0.3) is 0 Å². The molecule has 20 heavy (non-hydrogen) atoms. The van der Waals surface area contributed by atoms with Crippen molar-refractivity contribution < 1.29 is 13.2 Å². The fourth-order valence-corrected chi connectivity index (χ4v) is 2.24. The molecule has 1 atom stereocenters. The van der Waals surface area contributed by atoms with Crippen LogP contribution in [0, 0.1) is 17.5 Å². The minimum Gasteiger partial charge on any atom is -0.327 e. The maximum atomic E-state index is 13.5. The summed E-state index contributed by atoms with van der Waals surface area (Å²) in [5.74, 6) is -1.69. The highest BCUT2D eigenvalue weighted by Gasteiger charge is 2.14. The van der Waals surface area contributed by atoms with Crippen molar-refractivity contribution in [3.8, 4) is 0 Å². The maximum absolute atomic E-state index is 13.5. The minimum atomic E-state index is -0.634. The van der Waals surface area contributed by atoms with E-state index in [1.54, 1.807) is 0 Å². The molecule has 0 heterocycles. The summed E-state index contributed by atoms with van der Waals surface area (Å²) in [6.07, 6.45) is 0.260. The van der Waals surface area contributed by atoms with E-state index in [0.29, 0.717) is 10.6 Å². The Labute approximate surface area is 120 Å². The highest BCUT2D eigenvalue weighted by Crippen LogP contribution is 2.20. The fraction of sp³-hybridized carbons (Fsp3) is 0.200. The monoisotopic (exact) mass is 299 g/mol. The molecule has 0 aromatic heterocycles. The van der Waals surface area contributed by atoms with Crippen LogP contribution in [0.3, 0.4) is 0 Å². The number of halogens is 4. The maximum Gasteiger partial charge on any atom is 0.129 e. The second-order valence-electron chi connectivity index (χ2n) is 4.60. The van der Waals surface area contributed by atoms with Gasteiger partial charge in [-0.1, -0.05) is 17.7 Å². The molecule has 2 N–H and O–H groups in total. The molecule has 1 unspecified atom stereocenters. The first-order chi connectivity index (χ1) is 9.47.